The highest BCUT2D eigenvalue weighted by Gasteiger charge is 2.19. The van der Waals surface area contributed by atoms with E-state index in [0.717, 1.165) is 22.2 Å². The fourth-order valence-corrected chi connectivity index (χ4v) is 2.31. The lowest BCUT2D eigenvalue weighted by molar-refractivity contribution is 0.171. The molecule has 0 aliphatic heterocycles. The first-order chi connectivity index (χ1) is 10.9. The van der Waals surface area contributed by atoms with Gasteiger partial charge in [0.15, 0.2) is 0 Å². The molecule has 0 spiro atoms. The zero-order chi connectivity index (χ0) is 16.9. The van der Waals surface area contributed by atoms with E-state index in [4.69, 9.17) is 0 Å². The number of methoxy groups -OCH3 is 1. The van der Waals surface area contributed by atoms with E-state index in [1.807, 2.05) is 18.5 Å². The summed E-state index contributed by atoms with van der Waals surface area (Å²) in [4.78, 5) is 20.0. The molecule has 124 valence electrons. The Balaban J connectivity index is 2.00. The minimum Gasteiger partial charge on any atom is -0.453 e. The highest BCUT2D eigenvalue weighted by molar-refractivity contribution is 5.81. The number of nitrogens with zero attached hydrogens (tertiary/aromatic N) is 2. The van der Waals surface area contributed by atoms with E-state index >= 15 is 0 Å². The molecule has 6 nitrogen and oxygen atoms in total. The Labute approximate surface area is 136 Å². The second kappa shape index (κ2) is 7.37. The van der Waals surface area contributed by atoms with Gasteiger partial charge in [-0.25, -0.2) is 4.79 Å². The molecule has 0 aromatic carbocycles. The highest BCUT2D eigenvalue weighted by atomic mass is 16.5. The second-order valence-electron chi connectivity index (χ2n) is 6.42. The number of carbonyl (C=O) groups is 1. The van der Waals surface area contributed by atoms with Gasteiger partial charge in [-0.05, 0) is 17.7 Å². The molecule has 0 saturated heterocycles. The Hall–Kier alpha value is -2.21. The number of nitrogens with one attached hydrogen (secondary N) is 2. The quantitative estimate of drug-likeness (QED) is 0.828. The predicted octanol–water partition coefficient (Wildman–Crippen LogP) is 2.37. The van der Waals surface area contributed by atoms with Gasteiger partial charge in [-0.3, -0.25) is 9.97 Å². The van der Waals surface area contributed by atoms with Gasteiger partial charge in [-0.2, -0.15) is 0 Å². The molecule has 0 bridgehead atoms. The van der Waals surface area contributed by atoms with Crippen molar-refractivity contribution >= 4 is 17.0 Å². The standard InChI is InChI=1S/C17H24N4O2/c1-17(2,3)15-14-13(5-6-19-15)9-12(11-21-14)10-18-7-8-20-16(22)23-4/h5-6,9,11,18H,7-8,10H2,1-4H3,(H,20,22). The fraction of sp³-hybridized carbons (Fsp3) is 0.471. The number of pyridine rings is 2. The molecular weight excluding hydrogens is 292 g/mol. The molecule has 0 aliphatic rings. The van der Waals surface area contributed by atoms with E-state index in [9.17, 15) is 4.79 Å². The first kappa shape index (κ1) is 17.1. The van der Waals surface area contributed by atoms with Crippen LogP contribution < -0.4 is 10.6 Å². The van der Waals surface area contributed by atoms with Crippen LogP contribution in [0.25, 0.3) is 10.9 Å². The molecule has 2 aromatic rings. The Morgan fingerprint density at radius 2 is 2.04 bits per heavy atom. The number of alkyl carbamates (subject to hydrolysis) is 1. The normalized spacial score (nSPS) is 11.5. The molecule has 0 unspecified atom stereocenters. The van der Waals surface area contributed by atoms with Crippen LogP contribution in [0.2, 0.25) is 0 Å². The van der Waals surface area contributed by atoms with Gasteiger partial charge < -0.3 is 15.4 Å². The molecule has 23 heavy (non-hydrogen) atoms. The summed E-state index contributed by atoms with van der Waals surface area (Å²) in [5, 5.41) is 6.98. The average molecular weight is 316 g/mol. The zero-order valence-corrected chi connectivity index (χ0v) is 14.1. The van der Waals surface area contributed by atoms with Gasteiger partial charge in [0.05, 0.1) is 18.3 Å². The van der Waals surface area contributed by atoms with Crippen molar-refractivity contribution in [2.75, 3.05) is 20.2 Å². The predicted molar refractivity (Wildman–Crippen MR) is 90.4 cm³/mol. The molecule has 2 aromatic heterocycles. The van der Waals surface area contributed by atoms with Crippen LogP contribution in [0.4, 0.5) is 4.79 Å². The largest absolute Gasteiger partial charge is 0.453 e. The van der Waals surface area contributed by atoms with Crippen molar-refractivity contribution in [2.45, 2.75) is 32.7 Å². The number of carbonyl (C=O) groups excluding carboxylic acids is 1. The summed E-state index contributed by atoms with van der Waals surface area (Å²) < 4.78 is 4.51. The number of fused-ring (bicyclic) bond motifs is 1. The molecule has 2 N–H and O–H groups in total. The Morgan fingerprint density at radius 1 is 1.26 bits per heavy atom. The Bertz CT molecular complexity index is 680. The molecule has 2 heterocycles. The van der Waals surface area contributed by atoms with Gasteiger partial charge in [-0.1, -0.05) is 20.8 Å². The number of hydrogen-bond donors (Lipinski definition) is 2. The summed E-state index contributed by atoms with van der Waals surface area (Å²) in [7, 11) is 1.35. The summed E-state index contributed by atoms with van der Waals surface area (Å²) in [6, 6.07) is 4.11. The SMILES string of the molecule is COC(=O)NCCNCc1cnc2c(C(C)(C)C)nccc2c1. The number of aromatic nitrogens is 2. The molecular formula is C17H24N4O2. The van der Waals surface area contributed by atoms with Crippen LogP contribution in [0.3, 0.4) is 0 Å². The van der Waals surface area contributed by atoms with Crippen molar-refractivity contribution < 1.29 is 9.53 Å². The minimum atomic E-state index is -0.415. The summed E-state index contributed by atoms with van der Waals surface area (Å²) >= 11 is 0. The van der Waals surface area contributed by atoms with Crippen LogP contribution >= 0.6 is 0 Å². The maximum absolute atomic E-state index is 10.9. The van der Waals surface area contributed by atoms with Crippen molar-refractivity contribution in [2.24, 2.45) is 0 Å². The van der Waals surface area contributed by atoms with Gasteiger partial charge in [0.25, 0.3) is 0 Å². The number of rotatable bonds is 5. The van der Waals surface area contributed by atoms with E-state index in [-0.39, 0.29) is 5.41 Å². The number of hydrogen-bond acceptors (Lipinski definition) is 5. The smallest absolute Gasteiger partial charge is 0.406 e. The minimum absolute atomic E-state index is 0.0359. The van der Waals surface area contributed by atoms with Crippen LogP contribution in [0.5, 0.6) is 0 Å². The molecule has 0 fully saturated rings. The van der Waals surface area contributed by atoms with Gasteiger partial charge in [-0.15, -0.1) is 0 Å². The van der Waals surface area contributed by atoms with Crippen LogP contribution in [0.15, 0.2) is 24.5 Å². The van der Waals surface area contributed by atoms with Crippen LogP contribution in [0.1, 0.15) is 32.0 Å². The molecule has 6 heteroatoms. The first-order valence-corrected chi connectivity index (χ1v) is 7.68. The van der Waals surface area contributed by atoms with Crippen molar-refractivity contribution in [3.63, 3.8) is 0 Å². The van der Waals surface area contributed by atoms with Crippen molar-refractivity contribution in [1.82, 2.24) is 20.6 Å². The lowest BCUT2D eigenvalue weighted by atomic mass is 9.90. The van der Waals surface area contributed by atoms with E-state index in [1.54, 1.807) is 0 Å². The van der Waals surface area contributed by atoms with Gasteiger partial charge in [0, 0.05) is 42.8 Å². The maximum atomic E-state index is 10.9. The van der Waals surface area contributed by atoms with Gasteiger partial charge >= 0.3 is 6.09 Å². The third kappa shape index (κ3) is 4.63. The molecule has 1 amide bonds. The monoisotopic (exact) mass is 316 g/mol. The lowest BCUT2D eigenvalue weighted by Crippen LogP contribution is -2.31. The van der Waals surface area contributed by atoms with E-state index in [2.05, 4.69) is 52.2 Å². The van der Waals surface area contributed by atoms with Crippen LogP contribution in [-0.4, -0.2) is 36.3 Å². The molecule has 0 radical (unpaired) electrons. The summed E-state index contributed by atoms with van der Waals surface area (Å²) in [6.07, 6.45) is 3.30. The van der Waals surface area contributed by atoms with Crippen LogP contribution in [0, 0.1) is 0 Å². The molecule has 0 saturated carbocycles. The summed E-state index contributed by atoms with van der Waals surface area (Å²) in [5.41, 5.74) is 3.03. The Kier molecular flexibility index (Phi) is 5.50. The van der Waals surface area contributed by atoms with E-state index in [0.29, 0.717) is 19.6 Å². The van der Waals surface area contributed by atoms with E-state index < -0.39 is 6.09 Å². The van der Waals surface area contributed by atoms with Crippen LogP contribution in [-0.2, 0) is 16.7 Å². The third-order valence-electron chi connectivity index (χ3n) is 3.45. The summed E-state index contributed by atoms with van der Waals surface area (Å²) in [5.74, 6) is 0. The first-order valence-electron chi connectivity index (χ1n) is 7.68. The summed E-state index contributed by atoms with van der Waals surface area (Å²) in [6.45, 7) is 8.29. The number of ether oxygens (including phenoxy) is 1. The van der Waals surface area contributed by atoms with E-state index in [1.165, 1.54) is 7.11 Å². The topological polar surface area (TPSA) is 76.1 Å². The van der Waals surface area contributed by atoms with Gasteiger partial charge in [0.1, 0.15) is 0 Å². The van der Waals surface area contributed by atoms with Crippen molar-refractivity contribution in [3.8, 4) is 0 Å². The molecule has 0 atom stereocenters. The fourth-order valence-electron chi connectivity index (χ4n) is 2.31. The lowest BCUT2D eigenvalue weighted by Gasteiger charge is -2.19. The second-order valence-corrected chi connectivity index (χ2v) is 6.42. The Morgan fingerprint density at radius 3 is 2.74 bits per heavy atom. The maximum Gasteiger partial charge on any atom is 0.406 e. The van der Waals surface area contributed by atoms with Crippen molar-refractivity contribution in [1.29, 1.82) is 0 Å². The van der Waals surface area contributed by atoms with Gasteiger partial charge in [0.2, 0.25) is 0 Å². The highest BCUT2D eigenvalue weighted by Crippen LogP contribution is 2.26. The molecule has 0 aliphatic carbocycles. The third-order valence-corrected chi connectivity index (χ3v) is 3.45. The number of amides is 1. The average Bonchev–Trinajstić information content (AvgIpc) is 2.52. The molecule has 2 rings (SSSR count). The van der Waals surface area contributed by atoms with Crippen molar-refractivity contribution in [3.05, 3.63) is 35.8 Å². The zero-order valence-electron chi connectivity index (χ0n) is 14.1.